The van der Waals surface area contributed by atoms with Crippen LogP contribution in [0.15, 0.2) is 18.2 Å². The maximum absolute atomic E-state index is 5.98. The van der Waals surface area contributed by atoms with Crippen LogP contribution in [0.5, 0.6) is 0 Å². The van der Waals surface area contributed by atoms with Gasteiger partial charge in [-0.1, -0.05) is 11.6 Å². The minimum atomic E-state index is 0.533. The van der Waals surface area contributed by atoms with E-state index >= 15 is 0 Å². The average molecular weight is 236 g/mol. The molecule has 0 saturated carbocycles. The van der Waals surface area contributed by atoms with Gasteiger partial charge in [0.05, 0.1) is 11.0 Å². The summed E-state index contributed by atoms with van der Waals surface area (Å²) in [6.45, 7) is 4.19. The zero-order valence-electron chi connectivity index (χ0n) is 9.20. The number of fused-ring (bicyclic) bond motifs is 1. The first-order valence-electron chi connectivity index (χ1n) is 5.60. The number of aromatic nitrogens is 2. The Labute approximate surface area is 99.4 Å². The third-order valence-electron chi connectivity index (χ3n) is 3.23. The topological polar surface area (TPSA) is 29.9 Å². The summed E-state index contributed by atoms with van der Waals surface area (Å²) in [6.07, 6.45) is 1.18. The lowest BCUT2D eigenvalue weighted by Crippen LogP contribution is -2.14. The molecule has 1 aliphatic rings. The van der Waals surface area contributed by atoms with Crippen LogP contribution in [0.1, 0.15) is 18.3 Å². The molecule has 0 spiro atoms. The Kier molecular flexibility index (Phi) is 2.37. The number of rotatable bonds is 1. The van der Waals surface area contributed by atoms with Crippen LogP contribution in [0, 0.1) is 6.92 Å². The van der Waals surface area contributed by atoms with Gasteiger partial charge in [-0.05, 0) is 38.1 Å². The van der Waals surface area contributed by atoms with Crippen LogP contribution in [0.4, 0.5) is 0 Å². The number of imidazole rings is 1. The van der Waals surface area contributed by atoms with Crippen LogP contribution in [0.25, 0.3) is 11.0 Å². The molecule has 1 aliphatic heterocycles. The minimum absolute atomic E-state index is 0.533. The van der Waals surface area contributed by atoms with Gasteiger partial charge in [0.2, 0.25) is 0 Å². The Morgan fingerprint density at radius 2 is 2.38 bits per heavy atom. The summed E-state index contributed by atoms with van der Waals surface area (Å²) in [4.78, 5) is 4.57. The van der Waals surface area contributed by atoms with Crippen molar-refractivity contribution in [2.45, 2.75) is 19.4 Å². The van der Waals surface area contributed by atoms with E-state index in [9.17, 15) is 0 Å². The maximum Gasteiger partial charge on any atom is 0.107 e. The summed E-state index contributed by atoms with van der Waals surface area (Å²) in [5.41, 5.74) is 2.19. The van der Waals surface area contributed by atoms with Gasteiger partial charge in [0.15, 0.2) is 0 Å². The van der Waals surface area contributed by atoms with E-state index in [0.717, 1.165) is 29.5 Å². The molecule has 1 N–H and O–H groups in total. The molecule has 1 atom stereocenters. The van der Waals surface area contributed by atoms with Crippen molar-refractivity contribution >= 4 is 22.6 Å². The third kappa shape index (κ3) is 1.51. The molecule has 3 rings (SSSR count). The molecule has 0 aliphatic carbocycles. The second kappa shape index (κ2) is 3.75. The van der Waals surface area contributed by atoms with Crippen LogP contribution in [-0.2, 0) is 0 Å². The second-order valence-electron chi connectivity index (χ2n) is 4.31. The molecular weight excluding hydrogens is 222 g/mol. The molecule has 3 nitrogen and oxygen atoms in total. The molecule has 1 aromatic carbocycles. The van der Waals surface area contributed by atoms with Crippen molar-refractivity contribution in [3.8, 4) is 0 Å². The molecule has 1 unspecified atom stereocenters. The molecule has 84 valence electrons. The summed E-state index contributed by atoms with van der Waals surface area (Å²) >= 11 is 5.98. The summed E-state index contributed by atoms with van der Waals surface area (Å²) in [7, 11) is 0. The van der Waals surface area contributed by atoms with Gasteiger partial charge in [0.25, 0.3) is 0 Å². The van der Waals surface area contributed by atoms with Gasteiger partial charge in [0.1, 0.15) is 5.82 Å². The SMILES string of the molecule is Cc1nc2cc(Cl)ccc2n1C1CCNC1. The highest BCUT2D eigenvalue weighted by Gasteiger charge is 2.20. The number of aryl methyl sites for hydroxylation is 1. The quantitative estimate of drug-likeness (QED) is 0.823. The van der Waals surface area contributed by atoms with Crippen LogP contribution in [0.2, 0.25) is 5.02 Å². The molecule has 0 bridgehead atoms. The largest absolute Gasteiger partial charge is 0.324 e. The molecule has 2 heterocycles. The van der Waals surface area contributed by atoms with E-state index in [1.54, 1.807) is 0 Å². The van der Waals surface area contributed by atoms with Gasteiger partial charge in [-0.2, -0.15) is 0 Å². The van der Waals surface area contributed by atoms with E-state index < -0.39 is 0 Å². The lowest BCUT2D eigenvalue weighted by Gasteiger charge is -2.13. The molecule has 4 heteroatoms. The van der Waals surface area contributed by atoms with Gasteiger partial charge in [0, 0.05) is 17.6 Å². The first-order valence-corrected chi connectivity index (χ1v) is 5.98. The van der Waals surface area contributed by atoms with Gasteiger partial charge in [-0.15, -0.1) is 0 Å². The Morgan fingerprint density at radius 1 is 1.50 bits per heavy atom. The molecule has 16 heavy (non-hydrogen) atoms. The minimum Gasteiger partial charge on any atom is -0.324 e. The van der Waals surface area contributed by atoms with Gasteiger partial charge in [-0.25, -0.2) is 4.98 Å². The standard InChI is InChI=1S/C12H14ClN3/c1-8-15-11-6-9(13)2-3-12(11)16(8)10-4-5-14-7-10/h2-3,6,10,14H,4-5,7H2,1H3. The molecule has 0 radical (unpaired) electrons. The summed E-state index contributed by atoms with van der Waals surface area (Å²) in [5.74, 6) is 1.07. The first kappa shape index (κ1) is 10.1. The Hall–Kier alpha value is -1.06. The van der Waals surface area contributed by atoms with E-state index in [1.807, 2.05) is 12.1 Å². The fourth-order valence-corrected chi connectivity index (χ4v) is 2.68. The fraction of sp³-hybridized carbons (Fsp3) is 0.417. The zero-order valence-corrected chi connectivity index (χ0v) is 9.96. The number of halogens is 1. The summed E-state index contributed by atoms with van der Waals surface area (Å²) in [6, 6.07) is 6.47. The van der Waals surface area contributed by atoms with Crippen LogP contribution in [-0.4, -0.2) is 22.6 Å². The zero-order chi connectivity index (χ0) is 11.1. The van der Waals surface area contributed by atoms with Crippen LogP contribution >= 0.6 is 11.6 Å². The number of hydrogen-bond acceptors (Lipinski definition) is 2. The van der Waals surface area contributed by atoms with E-state index in [-0.39, 0.29) is 0 Å². The van der Waals surface area contributed by atoms with Crippen molar-refractivity contribution in [1.82, 2.24) is 14.9 Å². The Balaban J connectivity index is 2.18. The number of nitrogens with zero attached hydrogens (tertiary/aromatic N) is 2. The number of benzene rings is 1. The van der Waals surface area contributed by atoms with Crippen molar-refractivity contribution in [1.29, 1.82) is 0 Å². The van der Waals surface area contributed by atoms with Crippen molar-refractivity contribution < 1.29 is 0 Å². The van der Waals surface area contributed by atoms with Crippen molar-refractivity contribution in [2.24, 2.45) is 0 Å². The summed E-state index contributed by atoms with van der Waals surface area (Å²) in [5, 5.41) is 4.14. The molecular formula is C12H14ClN3. The second-order valence-corrected chi connectivity index (χ2v) is 4.75. The number of hydrogen-bond donors (Lipinski definition) is 1. The third-order valence-corrected chi connectivity index (χ3v) is 3.46. The van der Waals surface area contributed by atoms with E-state index in [1.165, 1.54) is 11.9 Å². The smallest absolute Gasteiger partial charge is 0.107 e. The lowest BCUT2D eigenvalue weighted by atomic mass is 10.2. The first-order chi connectivity index (χ1) is 7.75. The van der Waals surface area contributed by atoms with Crippen molar-refractivity contribution in [3.05, 3.63) is 29.0 Å². The van der Waals surface area contributed by atoms with Gasteiger partial charge >= 0.3 is 0 Å². The molecule has 0 amide bonds. The van der Waals surface area contributed by atoms with Crippen LogP contribution in [0.3, 0.4) is 0 Å². The maximum atomic E-state index is 5.98. The lowest BCUT2D eigenvalue weighted by molar-refractivity contribution is 0.548. The van der Waals surface area contributed by atoms with Crippen molar-refractivity contribution in [2.75, 3.05) is 13.1 Å². The van der Waals surface area contributed by atoms with E-state index in [4.69, 9.17) is 11.6 Å². The van der Waals surface area contributed by atoms with Gasteiger partial charge in [-0.3, -0.25) is 0 Å². The normalized spacial score (nSPS) is 20.8. The average Bonchev–Trinajstić information content (AvgIpc) is 2.83. The molecule has 1 saturated heterocycles. The predicted octanol–water partition coefficient (Wildman–Crippen LogP) is 2.53. The van der Waals surface area contributed by atoms with Crippen molar-refractivity contribution in [3.63, 3.8) is 0 Å². The fourth-order valence-electron chi connectivity index (χ4n) is 2.51. The summed E-state index contributed by atoms with van der Waals surface area (Å²) < 4.78 is 2.33. The highest BCUT2D eigenvalue weighted by Crippen LogP contribution is 2.26. The Morgan fingerprint density at radius 3 is 3.12 bits per heavy atom. The van der Waals surface area contributed by atoms with Gasteiger partial charge < -0.3 is 9.88 Å². The number of nitrogens with one attached hydrogen (secondary N) is 1. The van der Waals surface area contributed by atoms with E-state index in [0.29, 0.717) is 6.04 Å². The molecule has 1 fully saturated rings. The molecule has 1 aromatic heterocycles. The molecule has 2 aromatic rings. The Bertz CT molecular complexity index is 526. The highest BCUT2D eigenvalue weighted by atomic mass is 35.5. The monoisotopic (exact) mass is 235 g/mol. The van der Waals surface area contributed by atoms with E-state index in [2.05, 4.69) is 27.9 Å². The highest BCUT2D eigenvalue weighted by molar-refractivity contribution is 6.31. The van der Waals surface area contributed by atoms with Crippen LogP contribution < -0.4 is 5.32 Å². The predicted molar refractivity (Wildman–Crippen MR) is 66.0 cm³/mol.